The molecule has 16 heavy (non-hydrogen) atoms. The maximum absolute atomic E-state index is 12.8. The second-order valence-corrected chi connectivity index (χ2v) is 6.10. The van der Waals surface area contributed by atoms with Gasteiger partial charge in [0.05, 0.1) is 6.10 Å². The number of benzene rings is 1. The molecule has 1 unspecified atom stereocenters. The predicted octanol–water partition coefficient (Wildman–Crippen LogP) is 1.68. The molecule has 0 aliphatic heterocycles. The molecule has 1 rings (SSSR count). The van der Waals surface area contributed by atoms with Crippen LogP contribution in [0.1, 0.15) is 24.5 Å². The molecule has 0 saturated heterocycles. The predicted molar refractivity (Wildman–Crippen MR) is 60.3 cm³/mol. The molecule has 3 nitrogen and oxygen atoms in total. The van der Waals surface area contributed by atoms with Gasteiger partial charge in [-0.2, -0.15) is 0 Å². The number of aliphatic hydroxyl groups is 1. The Labute approximate surface area is 94.8 Å². The van der Waals surface area contributed by atoms with Crippen LogP contribution in [-0.2, 0) is 9.84 Å². The fourth-order valence-corrected chi connectivity index (χ4v) is 2.11. The summed E-state index contributed by atoms with van der Waals surface area (Å²) in [7, 11) is -3.00. The zero-order valence-electron chi connectivity index (χ0n) is 9.06. The third kappa shape index (κ3) is 4.72. The lowest BCUT2D eigenvalue weighted by Gasteiger charge is -2.10. The molecule has 0 amide bonds. The average molecular weight is 246 g/mol. The minimum absolute atomic E-state index is 0.0410. The van der Waals surface area contributed by atoms with Crippen molar-refractivity contribution in [2.45, 2.75) is 18.9 Å². The minimum Gasteiger partial charge on any atom is -0.388 e. The fraction of sp³-hybridized carbons (Fsp3) is 0.455. The van der Waals surface area contributed by atoms with E-state index in [1.165, 1.54) is 18.2 Å². The van der Waals surface area contributed by atoms with Gasteiger partial charge in [-0.1, -0.05) is 12.1 Å². The van der Waals surface area contributed by atoms with E-state index in [1.54, 1.807) is 6.07 Å². The summed E-state index contributed by atoms with van der Waals surface area (Å²) in [4.78, 5) is 0. The van der Waals surface area contributed by atoms with Gasteiger partial charge in [-0.25, -0.2) is 12.8 Å². The third-order valence-corrected chi connectivity index (χ3v) is 3.26. The van der Waals surface area contributed by atoms with Crippen LogP contribution >= 0.6 is 0 Å². The topological polar surface area (TPSA) is 54.4 Å². The van der Waals surface area contributed by atoms with Crippen molar-refractivity contribution < 1.29 is 17.9 Å². The van der Waals surface area contributed by atoms with Gasteiger partial charge in [-0.3, -0.25) is 0 Å². The van der Waals surface area contributed by atoms with Gasteiger partial charge < -0.3 is 5.11 Å². The lowest BCUT2D eigenvalue weighted by atomic mass is 10.1. The number of hydrogen-bond acceptors (Lipinski definition) is 3. The summed E-state index contributed by atoms with van der Waals surface area (Å²) in [5.41, 5.74) is 0.480. The Kier molecular flexibility index (Phi) is 4.44. The molecule has 0 fully saturated rings. The molecule has 1 aromatic carbocycles. The number of hydrogen-bond donors (Lipinski definition) is 1. The monoisotopic (exact) mass is 246 g/mol. The molecule has 0 heterocycles. The number of rotatable bonds is 5. The Hall–Kier alpha value is -0.940. The molecular weight excluding hydrogens is 231 g/mol. The van der Waals surface area contributed by atoms with Crippen LogP contribution in [0.25, 0.3) is 0 Å². The molecule has 0 radical (unpaired) electrons. The van der Waals surface area contributed by atoms with Gasteiger partial charge >= 0.3 is 0 Å². The Morgan fingerprint density at radius 2 is 2.12 bits per heavy atom. The van der Waals surface area contributed by atoms with Crippen molar-refractivity contribution in [2.24, 2.45) is 0 Å². The highest BCUT2D eigenvalue weighted by molar-refractivity contribution is 7.90. The van der Waals surface area contributed by atoms with Gasteiger partial charge in [0.25, 0.3) is 0 Å². The van der Waals surface area contributed by atoms with Crippen molar-refractivity contribution in [1.29, 1.82) is 0 Å². The van der Waals surface area contributed by atoms with Crippen LogP contribution < -0.4 is 0 Å². The van der Waals surface area contributed by atoms with E-state index in [-0.39, 0.29) is 5.75 Å². The lowest BCUT2D eigenvalue weighted by Crippen LogP contribution is -2.05. The molecule has 0 bridgehead atoms. The SMILES string of the molecule is CS(=O)(=O)CCCC(O)c1cccc(F)c1. The van der Waals surface area contributed by atoms with Crippen molar-refractivity contribution >= 4 is 9.84 Å². The average Bonchev–Trinajstić information content (AvgIpc) is 2.15. The van der Waals surface area contributed by atoms with Crippen LogP contribution in [-0.4, -0.2) is 25.5 Å². The highest BCUT2D eigenvalue weighted by Crippen LogP contribution is 2.19. The number of sulfone groups is 1. The van der Waals surface area contributed by atoms with Crippen LogP contribution in [0.2, 0.25) is 0 Å². The molecule has 1 atom stereocenters. The highest BCUT2D eigenvalue weighted by atomic mass is 32.2. The van der Waals surface area contributed by atoms with E-state index in [9.17, 15) is 17.9 Å². The van der Waals surface area contributed by atoms with Gasteiger partial charge in [0.15, 0.2) is 0 Å². The van der Waals surface area contributed by atoms with Gasteiger partial charge in [0.1, 0.15) is 15.7 Å². The second-order valence-electron chi connectivity index (χ2n) is 3.84. The van der Waals surface area contributed by atoms with E-state index in [0.29, 0.717) is 18.4 Å². The Morgan fingerprint density at radius 3 is 2.69 bits per heavy atom. The first-order valence-corrected chi connectivity index (χ1v) is 7.06. The van der Waals surface area contributed by atoms with Gasteiger partial charge in [0.2, 0.25) is 0 Å². The van der Waals surface area contributed by atoms with E-state index >= 15 is 0 Å². The molecular formula is C11H15FO3S. The van der Waals surface area contributed by atoms with Gasteiger partial charge in [0, 0.05) is 12.0 Å². The minimum atomic E-state index is -3.00. The van der Waals surface area contributed by atoms with E-state index in [2.05, 4.69) is 0 Å². The third-order valence-electron chi connectivity index (χ3n) is 2.23. The quantitative estimate of drug-likeness (QED) is 0.860. The molecule has 1 N–H and O–H groups in total. The molecule has 0 saturated carbocycles. The Balaban J connectivity index is 2.50. The summed E-state index contributed by atoms with van der Waals surface area (Å²) in [6.45, 7) is 0. The Morgan fingerprint density at radius 1 is 1.44 bits per heavy atom. The van der Waals surface area contributed by atoms with Gasteiger partial charge in [-0.05, 0) is 30.5 Å². The second kappa shape index (κ2) is 5.41. The summed E-state index contributed by atoms with van der Waals surface area (Å²) in [5, 5.41) is 9.68. The highest BCUT2D eigenvalue weighted by Gasteiger charge is 2.10. The van der Waals surface area contributed by atoms with Crippen molar-refractivity contribution in [2.75, 3.05) is 12.0 Å². The lowest BCUT2D eigenvalue weighted by molar-refractivity contribution is 0.166. The van der Waals surface area contributed by atoms with Crippen LogP contribution in [0.15, 0.2) is 24.3 Å². The molecule has 90 valence electrons. The first-order chi connectivity index (χ1) is 7.38. The van der Waals surface area contributed by atoms with Crippen molar-refractivity contribution in [3.05, 3.63) is 35.6 Å². The van der Waals surface area contributed by atoms with Crippen LogP contribution in [0.5, 0.6) is 0 Å². The van der Waals surface area contributed by atoms with Crippen molar-refractivity contribution in [3.8, 4) is 0 Å². The van der Waals surface area contributed by atoms with E-state index in [1.807, 2.05) is 0 Å². The summed E-state index contributed by atoms with van der Waals surface area (Å²) in [6.07, 6.45) is 1.03. The number of aliphatic hydroxyl groups excluding tert-OH is 1. The molecule has 0 aromatic heterocycles. The Bertz CT molecular complexity index is 442. The van der Waals surface area contributed by atoms with E-state index in [4.69, 9.17) is 0 Å². The summed E-state index contributed by atoms with van der Waals surface area (Å²) >= 11 is 0. The normalized spacial score (nSPS) is 13.7. The summed E-state index contributed by atoms with van der Waals surface area (Å²) in [5.74, 6) is -0.362. The molecule has 0 spiro atoms. The zero-order valence-corrected chi connectivity index (χ0v) is 9.87. The van der Waals surface area contributed by atoms with E-state index in [0.717, 1.165) is 6.26 Å². The smallest absolute Gasteiger partial charge is 0.147 e. The molecule has 0 aliphatic carbocycles. The largest absolute Gasteiger partial charge is 0.388 e. The fourth-order valence-electron chi connectivity index (χ4n) is 1.42. The van der Waals surface area contributed by atoms with Crippen molar-refractivity contribution in [3.63, 3.8) is 0 Å². The first kappa shape index (κ1) is 13.1. The van der Waals surface area contributed by atoms with E-state index < -0.39 is 21.8 Å². The molecule has 0 aliphatic rings. The number of halogens is 1. The molecule has 1 aromatic rings. The first-order valence-electron chi connectivity index (χ1n) is 5.00. The standard InChI is InChI=1S/C11H15FO3S/c1-16(14,15)7-3-6-11(13)9-4-2-5-10(12)8-9/h2,4-5,8,11,13H,3,6-7H2,1H3. The van der Waals surface area contributed by atoms with Crippen molar-refractivity contribution in [1.82, 2.24) is 0 Å². The summed E-state index contributed by atoms with van der Waals surface area (Å²) < 4.78 is 34.6. The molecule has 5 heteroatoms. The summed E-state index contributed by atoms with van der Waals surface area (Å²) in [6, 6.07) is 5.69. The van der Waals surface area contributed by atoms with Gasteiger partial charge in [-0.15, -0.1) is 0 Å². The van der Waals surface area contributed by atoms with Crippen LogP contribution in [0.4, 0.5) is 4.39 Å². The zero-order chi connectivity index (χ0) is 12.2. The maximum atomic E-state index is 12.8. The van der Waals surface area contributed by atoms with Crippen LogP contribution in [0.3, 0.4) is 0 Å². The maximum Gasteiger partial charge on any atom is 0.147 e. The van der Waals surface area contributed by atoms with Crippen LogP contribution in [0, 0.1) is 5.82 Å².